The molecule has 1 N–H and O–H groups in total. The Labute approximate surface area is 206 Å². The fourth-order valence-electron chi connectivity index (χ4n) is 4.32. The van der Waals surface area contributed by atoms with Gasteiger partial charge in [-0.15, -0.1) is 0 Å². The highest BCUT2D eigenvalue weighted by Gasteiger charge is 2.13. The minimum absolute atomic E-state index is 0.121. The Morgan fingerprint density at radius 1 is 0.758 bits per heavy atom. The topological polar surface area (TPSA) is 37.3 Å². The Kier molecular flexibility index (Phi) is 16.1. The van der Waals surface area contributed by atoms with E-state index in [9.17, 15) is 9.90 Å². The highest BCUT2D eigenvalue weighted by molar-refractivity contribution is 5.83. The lowest BCUT2D eigenvalue weighted by molar-refractivity contribution is 0.112. The number of phenolic OH excluding ortho intramolecular Hbond substituents is 1. The monoisotopic (exact) mass is 458 g/mol. The van der Waals surface area contributed by atoms with E-state index in [1.807, 2.05) is 27.7 Å². The molecule has 0 amide bonds. The van der Waals surface area contributed by atoms with Crippen LogP contribution in [0.3, 0.4) is 0 Å². The van der Waals surface area contributed by atoms with Crippen LogP contribution >= 0.6 is 0 Å². The Balaban J connectivity index is 0.000000676. The third kappa shape index (κ3) is 12.5. The second-order valence-electron chi connectivity index (χ2n) is 10.9. The van der Waals surface area contributed by atoms with Crippen molar-refractivity contribution in [3.8, 4) is 5.75 Å². The molecule has 1 aromatic rings. The first-order chi connectivity index (χ1) is 15.5. The molecule has 0 aromatic heterocycles. The first-order valence-corrected chi connectivity index (χ1v) is 13.3. The molecule has 0 radical (unpaired) electrons. The van der Waals surface area contributed by atoms with E-state index in [4.69, 9.17) is 0 Å². The molecular formula is C31H54O2. The summed E-state index contributed by atoms with van der Waals surface area (Å²) in [6, 6.07) is 0. The summed E-state index contributed by atoms with van der Waals surface area (Å²) in [5.41, 5.74) is 5.77. The molecule has 0 saturated carbocycles. The Hall–Kier alpha value is -1.57. The highest BCUT2D eigenvalue weighted by atomic mass is 16.3. The summed E-state index contributed by atoms with van der Waals surface area (Å²) < 4.78 is 0. The van der Waals surface area contributed by atoms with Gasteiger partial charge in [-0.25, -0.2) is 0 Å². The third-order valence-corrected chi connectivity index (χ3v) is 7.45. The van der Waals surface area contributed by atoms with E-state index < -0.39 is 0 Å². The average molecular weight is 459 g/mol. The second kappa shape index (κ2) is 17.0. The summed E-state index contributed by atoms with van der Waals surface area (Å²) in [5.74, 6) is 2.85. The van der Waals surface area contributed by atoms with E-state index in [1.165, 1.54) is 57.8 Å². The van der Waals surface area contributed by atoms with Crippen molar-refractivity contribution < 1.29 is 9.90 Å². The van der Waals surface area contributed by atoms with Crippen molar-refractivity contribution in [3.05, 3.63) is 39.5 Å². The van der Waals surface area contributed by atoms with Crippen molar-refractivity contribution >= 4 is 6.29 Å². The zero-order valence-electron chi connectivity index (χ0n) is 23.6. The number of carbonyl (C=O) groups excluding carboxylic acids is 1. The molecule has 0 aliphatic rings. The normalized spacial score (nSPS) is 13.5. The van der Waals surface area contributed by atoms with Gasteiger partial charge < -0.3 is 5.11 Å². The summed E-state index contributed by atoms with van der Waals surface area (Å²) in [7, 11) is 0. The molecule has 0 saturated heterocycles. The lowest BCUT2D eigenvalue weighted by Crippen LogP contribution is -2.00. The van der Waals surface area contributed by atoms with Crippen LogP contribution in [0.15, 0.2) is 11.6 Å². The lowest BCUT2D eigenvalue weighted by Gasteiger charge is -2.15. The molecule has 0 aliphatic carbocycles. The van der Waals surface area contributed by atoms with Crippen LogP contribution in [0.2, 0.25) is 0 Å². The first-order valence-electron chi connectivity index (χ1n) is 13.3. The van der Waals surface area contributed by atoms with Crippen LogP contribution in [0.25, 0.3) is 0 Å². The molecule has 33 heavy (non-hydrogen) atoms. The minimum atomic E-state index is 0.121. The largest absolute Gasteiger partial charge is 0.507 e. The van der Waals surface area contributed by atoms with E-state index in [-0.39, 0.29) is 5.75 Å². The molecule has 1 aromatic carbocycles. The molecule has 0 bridgehead atoms. The number of rotatable bonds is 13. The number of allylic oxidation sites excluding steroid dienone is 2. The van der Waals surface area contributed by atoms with Gasteiger partial charge in [-0.2, -0.15) is 0 Å². The van der Waals surface area contributed by atoms with Crippen molar-refractivity contribution in [2.75, 3.05) is 0 Å². The number of phenols is 1. The lowest BCUT2D eigenvalue weighted by atomic mass is 9.91. The average Bonchev–Trinajstić information content (AvgIpc) is 2.76. The first kappa shape index (κ1) is 31.4. The summed E-state index contributed by atoms with van der Waals surface area (Å²) in [4.78, 5) is 10.7. The van der Waals surface area contributed by atoms with Crippen molar-refractivity contribution in [2.45, 2.75) is 127 Å². The summed E-state index contributed by atoms with van der Waals surface area (Å²) in [5, 5.41) is 9.65. The fourth-order valence-corrected chi connectivity index (χ4v) is 4.32. The molecule has 0 spiro atoms. The molecule has 0 aliphatic heterocycles. The van der Waals surface area contributed by atoms with Crippen LogP contribution in [0, 0.1) is 45.4 Å². The molecule has 1 rings (SSSR count). The Morgan fingerprint density at radius 2 is 1.21 bits per heavy atom. The Bertz CT molecular complexity index is 698. The molecule has 2 nitrogen and oxygen atoms in total. The zero-order chi connectivity index (χ0) is 25.6. The number of carbonyl (C=O) groups is 1. The number of hydrogen-bond acceptors (Lipinski definition) is 2. The summed E-state index contributed by atoms with van der Waals surface area (Å²) in [6.07, 6.45) is 15.6. The van der Waals surface area contributed by atoms with E-state index in [0.717, 1.165) is 40.0 Å². The smallest absolute Gasteiger partial charge is 0.154 e. The van der Waals surface area contributed by atoms with Crippen LogP contribution in [0.1, 0.15) is 132 Å². The highest BCUT2D eigenvalue weighted by Crippen LogP contribution is 2.30. The second-order valence-corrected chi connectivity index (χ2v) is 10.9. The van der Waals surface area contributed by atoms with Gasteiger partial charge in [0.05, 0.1) is 5.56 Å². The molecular weight excluding hydrogens is 404 g/mol. The van der Waals surface area contributed by atoms with Crippen molar-refractivity contribution in [1.82, 2.24) is 0 Å². The van der Waals surface area contributed by atoms with Gasteiger partial charge in [-0.05, 0) is 94.4 Å². The maximum Gasteiger partial charge on any atom is 0.154 e. The van der Waals surface area contributed by atoms with E-state index in [1.54, 1.807) is 5.57 Å². The van der Waals surface area contributed by atoms with Gasteiger partial charge in [0.1, 0.15) is 5.75 Å². The Morgan fingerprint density at radius 3 is 1.67 bits per heavy atom. The van der Waals surface area contributed by atoms with Crippen LogP contribution in [0.4, 0.5) is 0 Å². The van der Waals surface area contributed by atoms with Gasteiger partial charge in [-0.3, -0.25) is 4.79 Å². The number of benzene rings is 1. The van der Waals surface area contributed by atoms with Crippen molar-refractivity contribution in [2.24, 2.45) is 17.8 Å². The van der Waals surface area contributed by atoms with Gasteiger partial charge in [0.15, 0.2) is 6.29 Å². The predicted molar refractivity (Wildman–Crippen MR) is 147 cm³/mol. The van der Waals surface area contributed by atoms with Gasteiger partial charge in [0.25, 0.3) is 0 Å². The van der Waals surface area contributed by atoms with Gasteiger partial charge >= 0.3 is 0 Å². The number of aromatic hydroxyl groups is 1. The molecule has 2 atom stereocenters. The molecule has 2 heteroatoms. The van der Waals surface area contributed by atoms with Gasteiger partial charge in [-0.1, -0.05) is 84.3 Å². The van der Waals surface area contributed by atoms with Crippen LogP contribution in [-0.2, 0) is 0 Å². The number of hydrogen-bond donors (Lipinski definition) is 1. The van der Waals surface area contributed by atoms with E-state index in [2.05, 4.69) is 47.6 Å². The van der Waals surface area contributed by atoms with Crippen molar-refractivity contribution in [3.63, 3.8) is 0 Å². The quantitative estimate of drug-likeness (QED) is 0.236. The third-order valence-electron chi connectivity index (χ3n) is 7.45. The van der Waals surface area contributed by atoms with Crippen molar-refractivity contribution in [1.29, 1.82) is 0 Å². The predicted octanol–water partition coefficient (Wildman–Crippen LogP) is 9.83. The van der Waals surface area contributed by atoms with Crippen LogP contribution in [-0.4, -0.2) is 11.4 Å². The molecule has 0 heterocycles. The SMILES string of the molecule is C/C=C(\C)CCCC(C)CCCC(C)CCCC(C)C.Cc1c(C)c(C)c(C=O)c(O)c1C. The zero-order valence-corrected chi connectivity index (χ0v) is 23.6. The molecule has 2 unspecified atom stereocenters. The van der Waals surface area contributed by atoms with Gasteiger partial charge in [0.2, 0.25) is 0 Å². The maximum atomic E-state index is 10.7. The van der Waals surface area contributed by atoms with E-state index >= 15 is 0 Å². The standard InChI is InChI=1S/C20H40.C11H14O2/c1-7-18(4)12-9-14-20(6)16-10-15-19(5)13-8-11-17(2)3;1-6-7(2)9(4)11(13)10(5-12)8(6)3/h7,17,19-20H,8-16H2,1-6H3;5,13H,1-4H3/b18-7+;. The van der Waals surface area contributed by atoms with Crippen LogP contribution < -0.4 is 0 Å². The summed E-state index contributed by atoms with van der Waals surface area (Å²) >= 11 is 0. The fraction of sp³-hybridized carbons (Fsp3) is 0.710. The van der Waals surface area contributed by atoms with Gasteiger partial charge in [0, 0.05) is 0 Å². The van der Waals surface area contributed by atoms with E-state index in [0.29, 0.717) is 11.8 Å². The molecule has 0 fully saturated rings. The summed E-state index contributed by atoms with van der Waals surface area (Å²) in [6.45, 7) is 21.5. The molecule has 190 valence electrons. The minimum Gasteiger partial charge on any atom is -0.507 e. The number of aldehydes is 1. The van der Waals surface area contributed by atoms with Crippen LogP contribution in [0.5, 0.6) is 5.75 Å². The maximum absolute atomic E-state index is 10.7.